The summed E-state index contributed by atoms with van der Waals surface area (Å²) in [4.78, 5) is 0. The molecule has 1 unspecified atom stereocenters. The summed E-state index contributed by atoms with van der Waals surface area (Å²) < 4.78 is 6.54. The molecule has 1 fully saturated rings. The molecule has 1 saturated carbocycles. The molecule has 3 nitrogen and oxygen atoms in total. The van der Waals surface area contributed by atoms with Gasteiger partial charge in [0.05, 0.1) is 12.7 Å². The van der Waals surface area contributed by atoms with E-state index in [9.17, 15) is 10.2 Å². The van der Waals surface area contributed by atoms with Gasteiger partial charge in [-0.25, -0.2) is 0 Å². The zero-order valence-electron chi connectivity index (χ0n) is 11.0. The Labute approximate surface area is 122 Å². The van der Waals surface area contributed by atoms with E-state index in [4.69, 9.17) is 4.74 Å². The van der Waals surface area contributed by atoms with E-state index < -0.39 is 6.10 Å². The Balaban J connectivity index is 1.83. The molecule has 0 bridgehead atoms. The molecule has 2 rings (SSSR count). The Morgan fingerprint density at radius 1 is 1.32 bits per heavy atom. The van der Waals surface area contributed by atoms with Crippen molar-refractivity contribution in [1.29, 1.82) is 0 Å². The Morgan fingerprint density at radius 2 is 2.05 bits per heavy atom. The number of hydrogen-bond donors (Lipinski definition) is 2. The van der Waals surface area contributed by atoms with Crippen LogP contribution in [0.15, 0.2) is 22.7 Å². The summed E-state index contributed by atoms with van der Waals surface area (Å²) in [5.41, 5.74) is 0.738. The van der Waals surface area contributed by atoms with Crippen LogP contribution in [0.3, 0.4) is 0 Å². The lowest BCUT2D eigenvalue weighted by molar-refractivity contribution is 0.0843. The first kappa shape index (κ1) is 14.8. The molecule has 0 aromatic heterocycles. The van der Waals surface area contributed by atoms with E-state index in [1.165, 1.54) is 25.7 Å². The molecule has 0 heterocycles. The molecular formula is C15H21BrO3. The molecule has 0 amide bonds. The number of halogens is 1. The average Bonchev–Trinajstić information content (AvgIpc) is 2.90. The van der Waals surface area contributed by atoms with Gasteiger partial charge in [-0.05, 0) is 30.5 Å². The van der Waals surface area contributed by atoms with Gasteiger partial charge in [-0.15, -0.1) is 0 Å². The van der Waals surface area contributed by atoms with Crippen LogP contribution in [0.5, 0.6) is 5.75 Å². The fraction of sp³-hybridized carbons (Fsp3) is 0.600. The largest absolute Gasteiger partial charge is 0.491 e. The van der Waals surface area contributed by atoms with Gasteiger partial charge in [-0.2, -0.15) is 0 Å². The third-order valence-corrected chi connectivity index (χ3v) is 4.20. The van der Waals surface area contributed by atoms with Crippen LogP contribution in [0.4, 0.5) is 0 Å². The Hall–Kier alpha value is -0.580. The molecule has 0 saturated heterocycles. The van der Waals surface area contributed by atoms with Crippen molar-refractivity contribution in [3.8, 4) is 5.75 Å². The van der Waals surface area contributed by atoms with Crippen LogP contribution >= 0.6 is 15.9 Å². The summed E-state index contributed by atoms with van der Waals surface area (Å²) in [7, 11) is 0. The topological polar surface area (TPSA) is 49.7 Å². The van der Waals surface area contributed by atoms with Gasteiger partial charge in [-0.3, -0.25) is 0 Å². The molecule has 1 aliphatic carbocycles. The molecule has 1 aliphatic rings. The van der Waals surface area contributed by atoms with Crippen LogP contribution in [0.2, 0.25) is 0 Å². The summed E-state index contributed by atoms with van der Waals surface area (Å²) in [5.74, 6) is 1.30. The summed E-state index contributed by atoms with van der Waals surface area (Å²) in [6, 6.07) is 5.52. The highest BCUT2D eigenvalue weighted by Gasteiger charge is 2.19. The second-order valence-corrected chi connectivity index (χ2v) is 6.18. The summed E-state index contributed by atoms with van der Waals surface area (Å²) in [6.45, 7) is 0.235. The Bertz CT molecular complexity index is 402. The van der Waals surface area contributed by atoms with Crippen molar-refractivity contribution in [2.24, 2.45) is 5.92 Å². The molecule has 106 valence electrons. The van der Waals surface area contributed by atoms with Crippen molar-refractivity contribution in [2.75, 3.05) is 6.61 Å². The van der Waals surface area contributed by atoms with Gasteiger partial charge in [0.1, 0.15) is 12.4 Å². The van der Waals surface area contributed by atoms with Crippen LogP contribution in [-0.2, 0) is 6.61 Å². The van der Waals surface area contributed by atoms with Crippen LogP contribution in [0.1, 0.15) is 37.7 Å². The van der Waals surface area contributed by atoms with Gasteiger partial charge in [0.2, 0.25) is 0 Å². The van der Waals surface area contributed by atoms with Crippen molar-refractivity contribution in [3.05, 3.63) is 28.2 Å². The second-order valence-electron chi connectivity index (χ2n) is 5.26. The number of ether oxygens (including phenoxy) is 1. The van der Waals surface area contributed by atoms with Crippen molar-refractivity contribution in [1.82, 2.24) is 0 Å². The first-order valence-electron chi connectivity index (χ1n) is 6.89. The number of rotatable bonds is 6. The summed E-state index contributed by atoms with van der Waals surface area (Å²) in [6.07, 6.45) is 5.46. The first-order valence-corrected chi connectivity index (χ1v) is 7.68. The lowest BCUT2D eigenvalue weighted by Crippen LogP contribution is -2.20. The van der Waals surface area contributed by atoms with E-state index in [0.29, 0.717) is 18.3 Å². The predicted octanol–water partition coefficient (Wildman–Crippen LogP) is 3.26. The van der Waals surface area contributed by atoms with Crippen molar-refractivity contribution in [3.63, 3.8) is 0 Å². The smallest absolute Gasteiger partial charge is 0.125 e. The van der Waals surface area contributed by atoms with Crippen LogP contribution in [0.25, 0.3) is 0 Å². The van der Waals surface area contributed by atoms with Gasteiger partial charge >= 0.3 is 0 Å². The molecule has 0 aliphatic heterocycles. The Morgan fingerprint density at radius 3 is 2.74 bits per heavy atom. The van der Waals surface area contributed by atoms with Crippen molar-refractivity contribution in [2.45, 2.75) is 44.8 Å². The molecule has 1 aromatic rings. The molecule has 1 atom stereocenters. The minimum Gasteiger partial charge on any atom is -0.491 e. The van der Waals surface area contributed by atoms with Crippen LogP contribution in [-0.4, -0.2) is 22.9 Å². The number of aliphatic hydroxyl groups is 2. The van der Waals surface area contributed by atoms with E-state index in [1.807, 2.05) is 18.2 Å². The van der Waals surface area contributed by atoms with Crippen LogP contribution in [0, 0.1) is 5.92 Å². The van der Waals surface area contributed by atoms with E-state index in [0.717, 1.165) is 16.5 Å². The summed E-state index contributed by atoms with van der Waals surface area (Å²) in [5, 5.41) is 19.3. The minimum absolute atomic E-state index is 0.0620. The van der Waals surface area contributed by atoms with Crippen molar-refractivity contribution >= 4 is 15.9 Å². The summed E-state index contributed by atoms with van der Waals surface area (Å²) >= 11 is 3.36. The van der Waals surface area contributed by atoms with Gasteiger partial charge in [0.25, 0.3) is 0 Å². The third kappa shape index (κ3) is 4.48. The highest BCUT2D eigenvalue weighted by atomic mass is 79.9. The maximum Gasteiger partial charge on any atom is 0.125 e. The maximum absolute atomic E-state index is 9.99. The van der Waals surface area contributed by atoms with Crippen LogP contribution < -0.4 is 4.74 Å². The first-order chi connectivity index (χ1) is 9.19. The minimum atomic E-state index is -0.418. The molecular weight excluding hydrogens is 308 g/mol. The number of benzene rings is 1. The SMILES string of the molecule is OCc1cc(Br)ccc1OCC(O)CC1CCCC1. The molecule has 0 radical (unpaired) electrons. The molecule has 19 heavy (non-hydrogen) atoms. The van der Waals surface area contributed by atoms with Gasteiger partial charge in [0, 0.05) is 10.0 Å². The zero-order chi connectivity index (χ0) is 13.7. The molecule has 1 aromatic carbocycles. The zero-order valence-corrected chi connectivity index (χ0v) is 12.6. The third-order valence-electron chi connectivity index (χ3n) is 3.70. The maximum atomic E-state index is 9.99. The van der Waals surface area contributed by atoms with E-state index in [1.54, 1.807) is 0 Å². The van der Waals surface area contributed by atoms with E-state index in [-0.39, 0.29) is 6.61 Å². The normalized spacial score (nSPS) is 17.6. The molecule has 2 N–H and O–H groups in total. The van der Waals surface area contributed by atoms with Gasteiger partial charge in [-0.1, -0.05) is 41.6 Å². The van der Waals surface area contributed by atoms with E-state index in [2.05, 4.69) is 15.9 Å². The lowest BCUT2D eigenvalue weighted by Gasteiger charge is -2.17. The molecule has 0 spiro atoms. The highest BCUT2D eigenvalue weighted by Crippen LogP contribution is 2.29. The average molecular weight is 329 g/mol. The Kier molecular flexibility index (Phi) is 5.67. The molecule has 4 heteroatoms. The monoisotopic (exact) mass is 328 g/mol. The van der Waals surface area contributed by atoms with E-state index >= 15 is 0 Å². The van der Waals surface area contributed by atoms with Crippen molar-refractivity contribution < 1.29 is 14.9 Å². The number of hydrogen-bond acceptors (Lipinski definition) is 3. The lowest BCUT2D eigenvalue weighted by atomic mass is 10.0. The predicted molar refractivity (Wildman–Crippen MR) is 78.1 cm³/mol. The van der Waals surface area contributed by atoms with Gasteiger partial charge < -0.3 is 14.9 Å². The standard InChI is InChI=1S/C15H21BrO3/c16-13-5-6-15(12(8-13)9-17)19-10-14(18)7-11-3-1-2-4-11/h5-6,8,11,14,17-18H,1-4,7,9-10H2. The van der Waals surface area contributed by atoms with Gasteiger partial charge in [0.15, 0.2) is 0 Å². The quantitative estimate of drug-likeness (QED) is 0.842. The fourth-order valence-corrected chi connectivity index (χ4v) is 3.11. The fourth-order valence-electron chi connectivity index (χ4n) is 2.70. The number of aliphatic hydroxyl groups excluding tert-OH is 2. The second kappa shape index (κ2) is 7.27. The highest BCUT2D eigenvalue weighted by molar-refractivity contribution is 9.10.